The number of nitrogens with zero attached hydrogens (tertiary/aromatic N) is 2. The van der Waals surface area contributed by atoms with Gasteiger partial charge in [-0.15, -0.1) is 0 Å². The normalized spacial score (nSPS) is 16.8. The lowest BCUT2D eigenvalue weighted by Gasteiger charge is -2.33. The molecule has 0 aromatic heterocycles. The van der Waals surface area contributed by atoms with E-state index in [2.05, 4.69) is 24.4 Å². The molecule has 1 amide bonds. The van der Waals surface area contributed by atoms with Gasteiger partial charge in [0.05, 0.1) is 12.3 Å². The molecular weight excluding hydrogens is 398 g/mol. The highest BCUT2D eigenvalue weighted by Crippen LogP contribution is 2.18. The minimum atomic E-state index is -3.34. The first-order valence-electron chi connectivity index (χ1n) is 10.5. The van der Waals surface area contributed by atoms with Gasteiger partial charge < -0.3 is 5.32 Å². The molecule has 0 radical (unpaired) electrons. The second-order valence-electron chi connectivity index (χ2n) is 7.74. The lowest BCUT2D eigenvalue weighted by Crippen LogP contribution is -2.51. The SMILES string of the molecule is CC[C@@H](CNC(=O)CN1CCN(S(=O)(=O)Cc2ccccc2)CC1)c1ccccc1. The van der Waals surface area contributed by atoms with Crippen molar-refractivity contribution in [1.82, 2.24) is 14.5 Å². The van der Waals surface area contributed by atoms with Crippen LogP contribution in [-0.4, -0.2) is 62.8 Å². The second-order valence-corrected chi connectivity index (χ2v) is 9.71. The minimum absolute atomic E-state index is 0.00928. The molecule has 6 nitrogen and oxygen atoms in total. The van der Waals surface area contributed by atoms with Gasteiger partial charge in [0.1, 0.15) is 0 Å². The van der Waals surface area contributed by atoms with E-state index in [-0.39, 0.29) is 11.7 Å². The number of hydrogen-bond acceptors (Lipinski definition) is 4. The van der Waals surface area contributed by atoms with Crippen molar-refractivity contribution >= 4 is 15.9 Å². The van der Waals surface area contributed by atoms with Gasteiger partial charge in [0.2, 0.25) is 15.9 Å². The van der Waals surface area contributed by atoms with E-state index in [1.54, 1.807) is 0 Å². The van der Waals surface area contributed by atoms with Crippen LogP contribution in [0.15, 0.2) is 60.7 Å². The van der Waals surface area contributed by atoms with E-state index >= 15 is 0 Å². The van der Waals surface area contributed by atoms with Crippen LogP contribution in [0.5, 0.6) is 0 Å². The molecule has 3 rings (SSSR count). The molecule has 1 fully saturated rings. The summed E-state index contributed by atoms with van der Waals surface area (Å²) < 4.78 is 26.9. The average Bonchev–Trinajstić information content (AvgIpc) is 2.76. The van der Waals surface area contributed by atoms with E-state index in [0.717, 1.165) is 12.0 Å². The molecule has 0 bridgehead atoms. The Hall–Kier alpha value is -2.22. The third kappa shape index (κ3) is 6.39. The molecule has 162 valence electrons. The van der Waals surface area contributed by atoms with Crippen LogP contribution in [0, 0.1) is 0 Å². The van der Waals surface area contributed by atoms with Crippen molar-refractivity contribution < 1.29 is 13.2 Å². The van der Waals surface area contributed by atoms with E-state index in [0.29, 0.717) is 45.2 Å². The molecule has 0 saturated carbocycles. The number of carbonyl (C=O) groups excluding carboxylic acids is 1. The molecule has 1 saturated heterocycles. The van der Waals surface area contributed by atoms with Crippen LogP contribution in [0.1, 0.15) is 30.4 Å². The molecule has 1 atom stereocenters. The number of benzene rings is 2. The number of carbonyl (C=O) groups is 1. The van der Waals surface area contributed by atoms with Crippen LogP contribution >= 0.6 is 0 Å². The maximum atomic E-state index is 12.7. The van der Waals surface area contributed by atoms with Crippen LogP contribution < -0.4 is 5.32 Å². The summed E-state index contributed by atoms with van der Waals surface area (Å²) in [4.78, 5) is 14.4. The van der Waals surface area contributed by atoms with Crippen molar-refractivity contribution in [1.29, 1.82) is 0 Å². The first kappa shape index (κ1) is 22.5. The van der Waals surface area contributed by atoms with Gasteiger partial charge in [-0.05, 0) is 17.5 Å². The lowest BCUT2D eigenvalue weighted by atomic mass is 9.96. The Balaban J connectivity index is 1.43. The quantitative estimate of drug-likeness (QED) is 0.665. The fraction of sp³-hybridized carbons (Fsp3) is 0.435. The topological polar surface area (TPSA) is 69.7 Å². The molecule has 1 aliphatic heterocycles. The molecule has 1 aliphatic rings. The Morgan fingerprint density at radius 1 is 0.967 bits per heavy atom. The zero-order chi connectivity index (χ0) is 21.4. The number of sulfonamides is 1. The number of rotatable bonds is 9. The molecule has 1 N–H and O–H groups in total. The molecule has 2 aromatic rings. The number of piperazine rings is 1. The standard InChI is InChI=1S/C23H31N3O3S/c1-2-21(22-11-7-4-8-12-22)17-24-23(27)18-25-13-15-26(16-14-25)30(28,29)19-20-9-5-3-6-10-20/h3-12,21H,2,13-19H2,1H3,(H,24,27)/t21-/m0/s1. The fourth-order valence-corrected chi connectivity index (χ4v) is 5.28. The second kappa shape index (κ2) is 10.7. The summed E-state index contributed by atoms with van der Waals surface area (Å²) in [5, 5.41) is 3.04. The van der Waals surface area contributed by atoms with Gasteiger partial charge in [-0.2, -0.15) is 4.31 Å². The highest BCUT2D eigenvalue weighted by Gasteiger charge is 2.27. The zero-order valence-corrected chi connectivity index (χ0v) is 18.4. The summed E-state index contributed by atoms with van der Waals surface area (Å²) in [5.41, 5.74) is 2.03. The van der Waals surface area contributed by atoms with E-state index in [1.165, 1.54) is 9.87 Å². The van der Waals surface area contributed by atoms with E-state index in [4.69, 9.17) is 0 Å². The molecule has 7 heteroatoms. The Labute approximate surface area is 179 Å². The van der Waals surface area contributed by atoms with Gasteiger partial charge in [-0.1, -0.05) is 67.6 Å². The predicted octanol–water partition coefficient (Wildman–Crippen LogP) is 2.44. The zero-order valence-electron chi connectivity index (χ0n) is 17.5. The number of nitrogens with one attached hydrogen (secondary N) is 1. The molecular formula is C23H31N3O3S. The van der Waals surface area contributed by atoms with Crippen molar-refractivity contribution in [2.24, 2.45) is 0 Å². The van der Waals surface area contributed by atoms with E-state index < -0.39 is 10.0 Å². The third-order valence-corrected chi connectivity index (χ3v) is 7.44. The first-order valence-corrected chi connectivity index (χ1v) is 12.1. The van der Waals surface area contributed by atoms with Crippen LogP contribution in [0.25, 0.3) is 0 Å². The monoisotopic (exact) mass is 429 g/mol. The van der Waals surface area contributed by atoms with Gasteiger partial charge in [0.15, 0.2) is 0 Å². The molecule has 2 aromatic carbocycles. The lowest BCUT2D eigenvalue weighted by molar-refractivity contribution is -0.122. The van der Waals surface area contributed by atoms with Crippen molar-refractivity contribution in [2.75, 3.05) is 39.3 Å². The first-order chi connectivity index (χ1) is 14.5. The Morgan fingerprint density at radius 2 is 1.57 bits per heavy atom. The van der Waals surface area contributed by atoms with Crippen LogP contribution in [0.3, 0.4) is 0 Å². The highest BCUT2D eigenvalue weighted by atomic mass is 32.2. The van der Waals surface area contributed by atoms with Gasteiger partial charge in [0, 0.05) is 38.6 Å². The average molecular weight is 430 g/mol. The summed E-state index contributed by atoms with van der Waals surface area (Å²) in [5.74, 6) is 0.312. The summed E-state index contributed by atoms with van der Waals surface area (Å²) in [7, 11) is -3.34. The van der Waals surface area contributed by atoms with Gasteiger partial charge in [-0.3, -0.25) is 9.69 Å². The highest BCUT2D eigenvalue weighted by molar-refractivity contribution is 7.88. The smallest absolute Gasteiger partial charge is 0.234 e. The maximum Gasteiger partial charge on any atom is 0.234 e. The molecule has 0 unspecified atom stereocenters. The van der Waals surface area contributed by atoms with Crippen molar-refractivity contribution in [3.8, 4) is 0 Å². The summed E-state index contributed by atoms with van der Waals surface area (Å²) in [6.45, 7) is 5.02. The molecule has 0 aliphatic carbocycles. The number of amides is 1. The summed E-state index contributed by atoms with van der Waals surface area (Å²) in [6, 6.07) is 19.5. The fourth-order valence-electron chi connectivity index (χ4n) is 3.76. The minimum Gasteiger partial charge on any atom is -0.354 e. The third-order valence-electron chi connectivity index (χ3n) is 5.59. The Morgan fingerprint density at radius 3 is 2.17 bits per heavy atom. The number of hydrogen-bond donors (Lipinski definition) is 1. The largest absolute Gasteiger partial charge is 0.354 e. The van der Waals surface area contributed by atoms with Crippen LogP contribution in [0.2, 0.25) is 0 Å². The molecule has 0 spiro atoms. The molecule has 30 heavy (non-hydrogen) atoms. The van der Waals surface area contributed by atoms with Crippen molar-refractivity contribution in [2.45, 2.75) is 25.0 Å². The van der Waals surface area contributed by atoms with Crippen molar-refractivity contribution in [3.05, 3.63) is 71.8 Å². The van der Waals surface area contributed by atoms with E-state index in [9.17, 15) is 13.2 Å². The Kier molecular flexibility index (Phi) is 8.01. The van der Waals surface area contributed by atoms with Gasteiger partial charge in [0.25, 0.3) is 0 Å². The molecule has 1 heterocycles. The van der Waals surface area contributed by atoms with Gasteiger partial charge in [-0.25, -0.2) is 8.42 Å². The summed E-state index contributed by atoms with van der Waals surface area (Å²) >= 11 is 0. The van der Waals surface area contributed by atoms with Gasteiger partial charge >= 0.3 is 0 Å². The van der Waals surface area contributed by atoms with E-state index in [1.807, 2.05) is 53.4 Å². The Bertz CT molecular complexity index is 896. The van der Waals surface area contributed by atoms with Crippen LogP contribution in [-0.2, 0) is 20.6 Å². The maximum absolute atomic E-state index is 12.7. The van der Waals surface area contributed by atoms with Crippen molar-refractivity contribution in [3.63, 3.8) is 0 Å². The predicted molar refractivity (Wildman–Crippen MR) is 120 cm³/mol. The van der Waals surface area contributed by atoms with Crippen LogP contribution in [0.4, 0.5) is 0 Å². The summed E-state index contributed by atoms with van der Waals surface area (Å²) in [6.07, 6.45) is 0.961.